The number of aromatic amines is 1. The molecule has 0 bridgehead atoms. The van der Waals surface area contributed by atoms with Crippen LogP contribution in [0.4, 0.5) is 0 Å². The van der Waals surface area contributed by atoms with E-state index < -0.39 is 0 Å². The Morgan fingerprint density at radius 3 is 3.15 bits per heavy atom. The van der Waals surface area contributed by atoms with E-state index in [2.05, 4.69) is 9.97 Å². The number of aromatic nitrogens is 2. The van der Waals surface area contributed by atoms with Gasteiger partial charge in [-0.25, -0.2) is 4.98 Å². The highest BCUT2D eigenvalue weighted by molar-refractivity contribution is 5.76. The average Bonchev–Trinajstić information content (AvgIpc) is 2.74. The van der Waals surface area contributed by atoms with Crippen LogP contribution in [-0.4, -0.2) is 9.97 Å². The lowest BCUT2D eigenvalue weighted by Crippen LogP contribution is -1.77. The predicted molar refractivity (Wildman–Crippen MR) is 50.8 cm³/mol. The van der Waals surface area contributed by atoms with Crippen LogP contribution in [0.3, 0.4) is 0 Å². The van der Waals surface area contributed by atoms with E-state index in [-0.39, 0.29) is 0 Å². The number of nitrogens with zero attached hydrogens (tertiary/aromatic N) is 1. The molecule has 0 aliphatic heterocycles. The molecule has 2 rings (SSSR count). The molecule has 0 saturated carbocycles. The van der Waals surface area contributed by atoms with Crippen molar-refractivity contribution in [1.82, 2.24) is 9.97 Å². The predicted octanol–water partition coefficient (Wildman–Crippen LogP) is 2.56. The molecule has 2 aromatic heterocycles. The molecule has 0 spiro atoms. The minimum atomic E-state index is 0.854. The molecule has 0 aromatic carbocycles. The maximum absolute atomic E-state index is 5.19. The van der Waals surface area contributed by atoms with Crippen LogP contribution in [0.25, 0.3) is 11.6 Å². The first-order valence-corrected chi connectivity index (χ1v) is 4.07. The van der Waals surface area contributed by atoms with E-state index in [0.717, 1.165) is 17.0 Å². The largest absolute Gasteiger partial charge is 0.465 e. The summed E-state index contributed by atoms with van der Waals surface area (Å²) in [5, 5.41) is 0. The smallest absolute Gasteiger partial charge is 0.126 e. The third-order valence-electron chi connectivity index (χ3n) is 1.83. The highest BCUT2D eigenvalue weighted by Gasteiger charge is 1.97. The van der Waals surface area contributed by atoms with Crippen molar-refractivity contribution in [2.75, 3.05) is 0 Å². The summed E-state index contributed by atoms with van der Waals surface area (Å²) in [6.45, 7) is 2.01. The maximum Gasteiger partial charge on any atom is 0.126 e. The number of hydrogen-bond donors (Lipinski definition) is 1. The van der Waals surface area contributed by atoms with E-state index in [1.807, 2.05) is 25.1 Å². The molecule has 3 nitrogen and oxygen atoms in total. The molecule has 3 heteroatoms. The molecule has 0 unspecified atom stereocenters. The van der Waals surface area contributed by atoms with Gasteiger partial charge in [-0.3, -0.25) is 0 Å². The van der Waals surface area contributed by atoms with Crippen molar-refractivity contribution in [3.63, 3.8) is 0 Å². The van der Waals surface area contributed by atoms with Gasteiger partial charge in [0.1, 0.15) is 5.76 Å². The Morgan fingerprint density at radius 2 is 2.54 bits per heavy atom. The van der Waals surface area contributed by atoms with Gasteiger partial charge in [-0.05, 0) is 30.7 Å². The lowest BCUT2D eigenvalue weighted by molar-refractivity contribution is 0.557. The quantitative estimate of drug-likeness (QED) is 0.760. The van der Waals surface area contributed by atoms with Crippen molar-refractivity contribution >= 4 is 11.6 Å². The number of furan rings is 1. The Morgan fingerprint density at radius 1 is 1.62 bits per heavy atom. The third-order valence-corrected chi connectivity index (χ3v) is 1.83. The van der Waals surface area contributed by atoms with Gasteiger partial charge in [-0.15, -0.1) is 0 Å². The minimum Gasteiger partial charge on any atom is -0.465 e. The van der Waals surface area contributed by atoms with E-state index in [9.17, 15) is 0 Å². The molecular weight excluding hydrogens is 164 g/mol. The second-order valence-electron chi connectivity index (χ2n) is 2.81. The van der Waals surface area contributed by atoms with Crippen molar-refractivity contribution < 1.29 is 4.42 Å². The Bertz CT molecular complexity index is 384. The zero-order valence-corrected chi connectivity index (χ0v) is 7.32. The zero-order chi connectivity index (χ0) is 9.10. The monoisotopic (exact) mass is 174 g/mol. The van der Waals surface area contributed by atoms with Crippen LogP contribution >= 0.6 is 0 Å². The fraction of sp³-hybridized carbons (Fsp3) is 0.100. The van der Waals surface area contributed by atoms with E-state index in [1.165, 1.54) is 0 Å². The normalized spacial score (nSPS) is 11.9. The highest BCUT2D eigenvalue weighted by Crippen LogP contribution is 2.14. The van der Waals surface area contributed by atoms with Gasteiger partial charge in [0.05, 0.1) is 24.5 Å². The third kappa shape index (κ3) is 1.69. The standard InChI is InChI=1S/C10H10N2O/c1-8(10-6-11-7-12-10)5-9-3-2-4-13-9/h2-7H,1H3,(H,11,12)/b8-5-. The lowest BCUT2D eigenvalue weighted by Gasteiger charge is -1.93. The van der Waals surface area contributed by atoms with Crippen LogP contribution in [0.15, 0.2) is 35.3 Å². The first kappa shape index (κ1) is 7.86. The van der Waals surface area contributed by atoms with Crippen LogP contribution in [0.1, 0.15) is 18.4 Å². The summed E-state index contributed by atoms with van der Waals surface area (Å²) >= 11 is 0. The van der Waals surface area contributed by atoms with Crippen LogP contribution < -0.4 is 0 Å². The summed E-state index contributed by atoms with van der Waals surface area (Å²) in [5.41, 5.74) is 2.11. The van der Waals surface area contributed by atoms with Crippen molar-refractivity contribution in [2.45, 2.75) is 6.92 Å². The number of hydrogen-bond acceptors (Lipinski definition) is 2. The van der Waals surface area contributed by atoms with E-state index in [1.54, 1.807) is 18.8 Å². The van der Waals surface area contributed by atoms with Crippen LogP contribution in [0, 0.1) is 0 Å². The summed E-state index contributed by atoms with van der Waals surface area (Å²) in [6, 6.07) is 3.78. The van der Waals surface area contributed by atoms with Crippen molar-refractivity contribution in [3.8, 4) is 0 Å². The summed E-state index contributed by atoms with van der Waals surface area (Å²) < 4.78 is 5.19. The summed E-state index contributed by atoms with van der Waals surface area (Å²) in [5.74, 6) is 0.854. The van der Waals surface area contributed by atoms with Gasteiger partial charge in [0, 0.05) is 0 Å². The molecule has 2 aromatic rings. The van der Waals surface area contributed by atoms with Gasteiger partial charge in [-0.2, -0.15) is 0 Å². The molecule has 66 valence electrons. The number of nitrogens with one attached hydrogen (secondary N) is 1. The fourth-order valence-electron chi connectivity index (χ4n) is 1.14. The molecule has 0 radical (unpaired) electrons. The van der Waals surface area contributed by atoms with E-state index in [0.29, 0.717) is 0 Å². The molecule has 1 N–H and O–H groups in total. The second-order valence-corrected chi connectivity index (χ2v) is 2.81. The highest BCUT2D eigenvalue weighted by atomic mass is 16.3. The second kappa shape index (κ2) is 3.31. The topological polar surface area (TPSA) is 41.8 Å². The van der Waals surface area contributed by atoms with Gasteiger partial charge in [0.15, 0.2) is 0 Å². The van der Waals surface area contributed by atoms with Crippen molar-refractivity contribution in [2.24, 2.45) is 0 Å². The van der Waals surface area contributed by atoms with Gasteiger partial charge >= 0.3 is 0 Å². The minimum absolute atomic E-state index is 0.854. The van der Waals surface area contributed by atoms with E-state index >= 15 is 0 Å². The Labute approximate surface area is 76.1 Å². The maximum atomic E-state index is 5.19. The van der Waals surface area contributed by atoms with Crippen LogP contribution in [0.5, 0.6) is 0 Å². The van der Waals surface area contributed by atoms with Crippen LogP contribution in [-0.2, 0) is 0 Å². The number of imidazole rings is 1. The number of allylic oxidation sites excluding steroid dienone is 1. The summed E-state index contributed by atoms with van der Waals surface area (Å²) in [6.07, 6.45) is 7.07. The Balaban J connectivity index is 2.27. The van der Waals surface area contributed by atoms with Crippen LogP contribution in [0.2, 0.25) is 0 Å². The molecule has 2 heterocycles. The Hall–Kier alpha value is -1.77. The van der Waals surface area contributed by atoms with Gasteiger partial charge in [-0.1, -0.05) is 0 Å². The Kier molecular flexibility index (Phi) is 2.00. The van der Waals surface area contributed by atoms with Gasteiger partial charge < -0.3 is 9.40 Å². The molecular formula is C10H10N2O. The summed E-state index contributed by atoms with van der Waals surface area (Å²) in [4.78, 5) is 6.97. The van der Waals surface area contributed by atoms with Gasteiger partial charge in [0.2, 0.25) is 0 Å². The average molecular weight is 174 g/mol. The van der Waals surface area contributed by atoms with E-state index in [4.69, 9.17) is 4.42 Å². The zero-order valence-electron chi connectivity index (χ0n) is 7.32. The molecule has 13 heavy (non-hydrogen) atoms. The first-order chi connectivity index (χ1) is 6.36. The molecule has 0 fully saturated rings. The molecule has 0 amide bonds. The molecule has 0 atom stereocenters. The number of H-pyrrole nitrogens is 1. The lowest BCUT2D eigenvalue weighted by atomic mass is 10.2. The number of rotatable bonds is 2. The van der Waals surface area contributed by atoms with Gasteiger partial charge in [0.25, 0.3) is 0 Å². The molecule has 0 saturated heterocycles. The molecule has 0 aliphatic carbocycles. The SMILES string of the molecule is C/C(=C/c1ccco1)c1cnc[nH]1. The first-order valence-electron chi connectivity index (χ1n) is 4.07. The summed E-state index contributed by atoms with van der Waals surface area (Å²) in [7, 11) is 0. The van der Waals surface area contributed by atoms with Crippen molar-refractivity contribution in [3.05, 3.63) is 42.4 Å². The fourth-order valence-corrected chi connectivity index (χ4v) is 1.14. The van der Waals surface area contributed by atoms with Crippen molar-refractivity contribution in [1.29, 1.82) is 0 Å². The molecule has 0 aliphatic rings.